The molecule has 1 aliphatic rings. The van der Waals surface area contributed by atoms with Gasteiger partial charge in [0, 0.05) is 11.1 Å². The van der Waals surface area contributed by atoms with Crippen molar-refractivity contribution < 1.29 is 13.9 Å². The van der Waals surface area contributed by atoms with E-state index in [4.69, 9.17) is 21.5 Å². The lowest BCUT2D eigenvalue weighted by molar-refractivity contribution is 0.100. The highest BCUT2D eigenvalue weighted by molar-refractivity contribution is 6.03. The summed E-state index contributed by atoms with van der Waals surface area (Å²) in [5.41, 5.74) is 12.8. The molecule has 0 aliphatic carbocycles. The topological polar surface area (TPSA) is 114 Å². The van der Waals surface area contributed by atoms with Crippen LogP contribution in [0.5, 0.6) is 5.75 Å². The Kier molecular flexibility index (Phi) is 4.18. The first kappa shape index (κ1) is 16.2. The second-order valence-corrected chi connectivity index (χ2v) is 5.29. The first-order valence-electron chi connectivity index (χ1n) is 7.31. The van der Waals surface area contributed by atoms with Crippen molar-refractivity contribution >= 4 is 17.4 Å². The van der Waals surface area contributed by atoms with Gasteiger partial charge >= 0.3 is 0 Å². The summed E-state index contributed by atoms with van der Waals surface area (Å²) in [6.45, 7) is 0.195. The molecular formula is C18H13FN4O2. The van der Waals surface area contributed by atoms with Crippen LogP contribution in [0.3, 0.4) is 0 Å². The minimum absolute atomic E-state index is 0.00898. The maximum Gasteiger partial charge on any atom is 0.280 e. The van der Waals surface area contributed by atoms with Gasteiger partial charge in [-0.1, -0.05) is 12.1 Å². The zero-order valence-corrected chi connectivity index (χ0v) is 13.0. The quantitative estimate of drug-likeness (QED) is 0.642. The van der Waals surface area contributed by atoms with E-state index in [2.05, 4.69) is 4.99 Å². The minimum atomic E-state index is -0.744. The number of amides is 1. The molecule has 0 unspecified atom stereocenters. The Labute approximate surface area is 142 Å². The number of hydrogen-bond donors (Lipinski definition) is 2. The third kappa shape index (κ3) is 3.19. The van der Waals surface area contributed by atoms with Crippen molar-refractivity contribution in [3.8, 4) is 11.8 Å². The summed E-state index contributed by atoms with van der Waals surface area (Å²) < 4.78 is 19.7. The van der Waals surface area contributed by atoms with Crippen LogP contribution in [0.1, 0.15) is 27.0 Å². The van der Waals surface area contributed by atoms with Crippen LogP contribution in [0.4, 0.5) is 4.39 Å². The van der Waals surface area contributed by atoms with E-state index in [0.29, 0.717) is 16.7 Å². The van der Waals surface area contributed by atoms with Crippen molar-refractivity contribution in [1.29, 1.82) is 5.26 Å². The van der Waals surface area contributed by atoms with Gasteiger partial charge in [-0.3, -0.25) is 4.79 Å². The summed E-state index contributed by atoms with van der Waals surface area (Å²) in [7, 11) is 0. The van der Waals surface area contributed by atoms with Crippen molar-refractivity contribution in [3.63, 3.8) is 0 Å². The van der Waals surface area contributed by atoms with Gasteiger partial charge in [0.05, 0.1) is 11.6 Å². The highest BCUT2D eigenvalue weighted by Gasteiger charge is 2.22. The predicted octanol–water partition coefficient (Wildman–Crippen LogP) is 1.94. The second-order valence-electron chi connectivity index (χ2n) is 5.29. The molecule has 0 atom stereocenters. The number of rotatable bonds is 2. The van der Waals surface area contributed by atoms with Crippen molar-refractivity contribution in [2.75, 3.05) is 6.61 Å². The maximum absolute atomic E-state index is 14.4. The van der Waals surface area contributed by atoms with Crippen molar-refractivity contribution in [2.45, 2.75) is 0 Å². The zero-order valence-electron chi connectivity index (χ0n) is 13.0. The number of guanidine groups is 1. The molecule has 2 aromatic rings. The highest BCUT2D eigenvalue weighted by atomic mass is 19.1. The van der Waals surface area contributed by atoms with Crippen LogP contribution in [-0.2, 0) is 0 Å². The number of carbonyl (C=O) groups is 1. The van der Waals surface area contributed by atoms with E-state index >= 15 is 0 Å². The normalized spacial score (nSPS) is 12.2. The number of nitrogens with two attached hydrogens (primary N) is 2. The van der Waals surface area contributed by atoms with Gasteiger partial charge in [-0.25, -0.2) is 4.39 Å². The molecule has 25 heavy (non-hydrogen) atoms. The number of benzene rings is 2. The first-order chi connectivity index (χ1) is 12.0. The van der Waals surface area contributed by atoms with Gasteiger partial charge in [-0.2, -0.15) is 10.3 Å². The number of nitrogens with zero attached hydrogens (tertiary/aromatic N) is 2. The highest BCUT2D eigenvalue weighted by Crippen LogP contribution is 2.37. The Morgan fingerprint density at radius 2 is 1.96 bits per heavy atom. The average Bonchev–Trinajstić information content (AvgIpc) is 2.61. The van der Waals surface area contributed by atoms with Crippen molar-refractivity contribution in [2.24, 2.45) is 16.5 Å². The van der Waals surface area contributed by atoms with E-state index in [1.165, 1.54) is 6.07 Å². The first-order valence-corrected chi connectivity index (χ1v) is 7.31. The van der Waals surface area contributed by atoms with E-state index < -0.39 is 17.7 Å². The average molecular weight is 336 g/mol. The summed E-state index contributed by atoms with van der Waals surface area (Å²) in [6.07, 6.45) is 1.78. The van der Waals surface area contributed by atoms with Crippen molar-refractivity contribution in [1.82, 2.24) is 0 Å². The lowest BCUT2D eigenvalue weighted by Crippen LogP contribution is -2.24. The Morgan fingerprint density at radius 3 is 2.60 bits per heavy atom. The van der Waals surface area contributed by atoms with Crippen LogP contribution < -0.4 is 16.2 Å². The Balaban J connectivity index is 2.10. The number of ether oxygens (including phenoxy) is 1. The molecule has 7 heteroatoms. The smallest absolute Gasteiger partial charge is 0.280 e. The molecule has 124 valence electrons. The molecule has 1 amide bonds. The summed E-state index contributed by atoms with van der Waals surface area (Å²) >= 11 is 0. The minimum Gasteiger partial charge on any atom is -0.486 e. The molecule has 4 N–H and O–H groups in total. The number of aliphatic imine (C=N–C) groups is 1. The largest absolute Gasteiger partial charge is 0.486 e. The monoisotopic (exact) mass is 336 g/mol. The van der Waals surface area contributed by atoms with Gasteiger partial charge in [0.15, 0.2) is 17.5 Å². The maximum atomic E-state index is 14.4. The van der Waals surface area contributed by atoms with Crippen LogP contribution >= 0.6 is 0 Å². The molecule has 1 heterocycles. The third-order valence-corrected chi connectivity index (χ3v) is 3.65. The number of fused-ring (bicyclic) bond motifs is 1. The fraction of sp³-hybridized carbons (Fsp3) is 0.0556. The fourth-order valence-electron chi connectivity index (χ4n) is 2.56. The Bertz CT molecular complexity index is 952. The molecule has 0 spiro atoms. The number of halogens is 1. The second kappa shape index (κ2) is 6.45. The van der Waals surface area contributed by atoms with Crippen LogP contribution in [0.2, 0.25) is 0 Å². The summed E-state index contributed by atoms with van der Waals surface area (Å²) in [4.78, 5) is 15.4. The van der Waals surface area contributed by atoms with Crippen LogP contribution in [-0.4, -0.2) is 18.5 Å². The number of hydrogen-bond acceptors (Lipinski definition) is 3. The van der Waals surface area contributed by atoms with Crippen LogP contribution in [0.15, 0.2) is 47.5 Å². The van der Waals surface area contributed by atoms with Gasteiger partial charge in [-0.05, 0) is 41.5 Å². The van der Waals surface area contributed by atoms with Gasteiger partial charge in [0.1, 0.15) is 6.61 Å². The van der Waals surface area contributed by atoms with E-state index in [9.17, 15) is 9.18 Å². The lowest BCUT2D eigenvalue weighted by atomic mass is 9.93. The summed E-state index contributed by atoms with van der Waals surface area (Å²) in [6, 6.07) is 11.4. The molecule has 0 saturated carbocycles. The zero-order chi connectivity index (χ0) is 18.0. The molecule has 0 aromatic heterocycles. The summed E-state index contributed by atoms with van der Waals surface area (Å²) in [5, 5.41) is 8.90. The molecule has 6 nitrogen and oxygen atoms in total. The number of nitriles is 1. The molecule has 0 radical (unpaired) electrons. The van der Waals surface area contributed by atoms with Gasteiger partial charge < -0.3 is 16.2 Å². The van der Waals surface area contributed by atoms with Crippen molar-refractivity contribution in [3.05, 3.63) is 70.5 Å². The van der Waals surface area contributed by atoms with E-state index in [0.717, 1.165) is 11.6 Å². The number of carbonyl (C=O) groups excluding carboxylic acids is 1. The van der Waals surface area contributed by atoms with E-state index in [-0.39, 0.29) is 17.9 Å². The molecule has 2 aromatic carbocycles. The van der Waals surface area contributed by atoms with Crippen LogP contribution in [0, 0.1) is 17.1 Å². The molecule has 0 bridgehead atoms. The molecule has 1 aliphatic heterocycles. The molecular weight excluding hydrogens is 323 g/mol. The summed E-state index contributed by atoms with van der Waals surface area (Å²) in [5.74, 6) is -1.76. The van der Waals surface area contributed by atoms with Gasteiger partial charge in [0.2, 0.25) is 0 Å². The van der Waals surface area contributed by atoms with Gasteiger partial charge in [-0.15, -0.1) is 0 Å². The standard InChI is InChI=1S/C18H13FN4O2/c19-15-8-12(17(24)23-18(21)22)7-14-13(5-6-25-16(14)15)11-3-1-10(9-20)2-4-11/h1-5,7-8H,6H2,(H4,21,22,23,24). The molecule has 3 rings (SSSR count). The SMILES string of the molecule is N#Cc1ccc(C2=CCOc3c(F)cc(C(=O)N=C(N)N)cc32)cc1. The van der Waals surface area contributed by atoms with Gasteiger partial charge in [0.25, 0.3) is 5.91 Å². The Hall–Kier alpha value is -3.66. The Morgan fingerprint density at radius 1 is 1.24 bits per heavy atom. The fourth-order valence-corrected chi connectivity index (χ4v) is 2.56. The van der Waals surface area contributed by atoms with E-state index in [1.54, 1.807) is 30.3 Å². The molecule has 0 fully saturated rings. The molecule has 0 saturated heterocycles. The predicted molar refractivity (Wildman–Crippen MR) is 90.3 cm³/mol. The van der Waals surface area contributed by atoms with Crippen LogP contribution in [0.25, 0.3) is 5.57 Å². The van der Waals surface area contributed by atoms with E-state index in [1.807, 2.05) is 6.07 Å². The third-order valence-electron chi connectivity index (χ3n) is 3.65. The lowest BCUT2D eigenvalue weighted by Gasteiger charge is -2.20.